The summed E-state index contributed by atoms with van der Waals surface area (Å²) in [4.78, 5) is 20.2. The standard InChI is InChI=1S/C12H11ClN8/c13-10-18-11(16-5-3-9-2-1-4-14-6-9)20-12(19-10)21-8-15-7-17-21/h1-2,4,6-8H,3,5H2,(H,16,18,19,20). The molecule has 0 saturated heterocycles. The van der Waals surface area contributed by atoms with Crippen LogP contribution in [-0.2, 0) is 6.42 Å². The minimum Gasteiger partial charge on any atom is -0.354 e. The van der Waals surface area contributed by atoms with Crippen LogP contribution in [0.2, 0.25) is 5.28 Å². The van der Waals surface area contributed by atoms with Gasteiger partial charge in [0, 0.05) is 18.9 Å². The molecule has 0 radical (unpaired) electrons. The molecule has 8 nitrogen and oxygen atoms in total. The molecule has 0 unspecified atom stereocenters. The van der Waals surface area contributed by atoms with Crippen LogP contribution in [0.4, 0.5) is 5.95 Å². The summed E-state index contributed by atoms with van der Waals surface area (Å²) < 4.78 is 1.42. The maximum atomic E-state index is 5.89. The van der Waals surface area contributed by atoms with Gasteiger partial charge in [-0.2, -0.15) is 24.7 Å². The van der Waals surface area contributed by atoms with Gasteiger partial charge >= 0.3 is 0 Å². The molecule has 0 atom stereocenters. The molecule has 0 bridgehead atoms. The molecule has 3 aromatic rings. The Hall–Kier alpha value is -2.61. The lowest BCUT2D eigenvalue weighted by molar-refractivity contribution is 0.792. The Labute approximate surface area is 125 Å². The fourth-order valence-corrected chi connectivity index (χ4v) is 1.85. The van der Waals surface area contributed by atoms with Gasteiger partial charge in [-0.05, 0) is 29.7 Å². The zero-order valence-corrected chi connectivity index (χ0v) is 11.6. The predicted octanol–water partition coefficient (Wildman–Crippen LogP) is 1.16. The van der Waals surface area contributed by atoms with Crippen LogP contribution in [0.1, 0.15) is 5.56 Å². The Bertz CT molecular complexity index is 701. The van der Waals surface area contributed by atoms with Crippen molar-refractivity contribution in [1.29, 1.82) is 0 Å². The molecule has 3 aromatic heterocycles. The summed E-state index contributed by atoms with van der Waals surface area (Å²) in [5.74, 6) is 0.709. The van der Waals surface area contributed by atoms with Crippen molar-refractivity contribution in [3.05, 3.63) is 48.0 Å². The van der Waals surface area contributed by atoms with Crippen molar-refractivity contribution in [2.24, 2.45) is 0 Å². The van der Waals surface area contributed by atoms with Crippen LogP contribution in [0.5, 0.6) is 0 Å². The monoisotopic (exact) mass is 302 g/mol. The highest BCUT2D eigenvalue weighted by molar-refractivity contribution is 6.28. The zero-order valence-electron chi connectivity index (χ0n) is 10.9. The van der Waals surface area contributed by atoms with Gasteiger partial charge in [-0.3, -0.25) is 4.98 Å². The van der Waals surface area contributed by atoms with Crippen LogP contribution in [0.25, 0.3) is 5.95 Å². The number of halogens is 1. The molecular formula is C12H11ClN8. The van der Waals surface area contributed by atoms with Gasteiger partial charge in [-0.15, -0.1) is 0 Å². The van der Waals surface area contributed by atoms with E-state index in [-0.39, 0.29) is 5.28 Å². The van der Waals surface area contributed by atoms with E-state index in [1.807, 2.05) is 18.3 Å². The fraction of sp³-hybridized carbons (Fsp3) is 0.167. The number of hydrogen-bond donors (Lipinski definition) is 1. The first-order valence-electron chi connectivity index (χ1n) is 6.20. The maximum Gasteiger partial charge on any atom is 0.258 e. The molecule has 0 aromatic carbocycles. The van der Waals surface area contributed by atoms with Crippen LogP contribution in [0.15, 0.2) is 37.2 Å². The second kappa shape index (κ2) is 6.23. The number of anilines is 1. The summed E-state index contributed by atoms with van der Waals surface area (Å²) in [6.07, 6.45) is 7.25. The largest absolute Gasteiger partial charge is 0.354 e. The van der Waals surface area contributed by atoms with E-state index in [9.17, 15) is 0 Å². The van der Waals surface area contributed by atoms with Crippen molar-refractivity contribution in [2.75, 3.05) is 11.9 Å². The van der Waals surface area contributed by atoms with E-state index in [1.165, 1.54) is 17.3 Å². The van der Waals surface area contributed by atoms with Crippen molar-refractivity contribution in [1.82, 2.24) is 34.7 Å². The second-order valence-electron chi connectivity index (χ2n) is 4.11. The van der Waals surface area contributed by atoms with Crippen LogP contribution >= 0.6 is 11.6 Å². The molecule has 0 aliphatic heterocycles. The van der Waals surface area contributed by atoms with Crippen LogP contribution in [0.3, 0.4) is 0 Å². The van der Waals surface area contributed by atoms with Gasteiger partial charge in [0.1, 0.15) is 12.7 Å². The first-order valence-corrected chi connectivity index (χ1v) is 6.58. The van der Waals surface area contributed by atoms with E-state index in [0.717, 1.165) is 12.0 Å². The maximum absolute atomic E-state index is 5.89. The number of aromatic nitrogens is 7. The van der Waals surface area contributed by atoms with Gasteiger partial charge in [0.05, 0.1) is 0 Å². The van der Waals surface area contributed by atoms with Crippen molar-refractivity contribution < 1.29 is 0 Å². The first kappa shape index (κ1) is 13.4. The number of hydrogen-bond acceptors (Lipinski definition) is 7. The lowest BCUT2D eigenvalue weighted by Gasteiger charge is -2.06. The summed E-state index contributed by atoms with van der Waals surface area (Å²) in [5.41, 5.74) is 1.13. The van der Waals surface area contributed by atoms with Crippen molar-refractivity contribution >= 4 is 17.5 Å². The Morgan fingerprint density at radius 2 is 2.14 bits per heavy atom. The van der Waals surface area contributed by atoms with Crippen LogP contribution < -0.4 is 5.32 Å². The van der Waals surface area contributed by atoms with Crippen LogP contribution in [-0.4, -0.2) is 41.2 Å². The highest BCUT2D eigenvalue weighted by Crippen LogP contribution is 2.08. The number of nitrogens with zero attached hydrogens (tertiary/aromatic N) is 7. The number of nitrogens with one attached hydrogen (secondary N) is 1. The molecule has 0 aliphatic carbocycles. The van der Waals surface area contributed by atoms with Crippen LogP contribution in [0, 0.1) is 0 Å². The van der Waals surface area contributed by atoms with Gasteiger partial charge in [0.2, 0.25) is 11.2 Å². The van der Waals surface area contributed by atoms with Crippen molar-refractivity contribution in [2.45, 2.75) is 6.42 Å². The van der Waals surface area contributed by atoms with E-state index in [4.69, 9.17) is 11.6 Å². The fourth-order valence-electron chi connectivity index (χ4n) is 1.70. The minimum atomic E-state index is 0.0966. The summed E-state index contributed by atoms with van der Waals surface area (Å²) >= 11 is 5.89. The summed E-state index contributed by atoms with van der Waals surface area (Å²) in [6.45, 7) is 0.656. The zero-order chi connectivity index (χ0) is 14.5. The molecule has 21 heavy (non-hydrogen) atoms. The third-order valence-electron chi connectivity index (χ3n) is 2.64. The summed E-state index contributed by atoms with van der Waals surface area (Å²) in [6, 6.07) is 3.91. The second-order valence-corrected chi connectivity index (χ2v) is 4.44. The number of rotatable bonds is 5. The minimum absolute atomic E-state index is 0.0966. The molecule has 9 heteroatoms. The predicted molar refractivity (Wildman–Crippen MR) is 76.2 cm³/mol. The number of pyridine rings is 1. The lowest BCUT2D eigenvalue weighted by Crippen LogP contribution is -2.11. The molecule has 0 spiro atoms. The van der Waals surface area contributed by atoms with E-state index < -0.39 is 0 Å². The Morgan fingerprint density at radius 1 is 1.19 bits per heavy atom. The molecule has 0 amide bonds. The Kier molecular flexibility index (Phi) is 3.97. The van der Waals surface area contributed by atoms with Crippen molar-refractivity contribution in [3.8, 4) is 5.95 Å². The third kappa shape index (κ3) is 3.48. The Morgan fingerprint density at radius 3 is 2.90 bits per heavy atom. The lowest BCUT2D eigenvalue weighted by atomic mass is 10.2. The highest BCUT2D eigenvalue weighted by Gasteiger charge is 2.07. The van der Waals surface area contributed by atoms with Gasteiger partial charge in [-0.25, -0.2) is 4.98 Å². The average molecular weight is 303 g/mol. The average Bonchev–Trinajstić information content (AvgIpc) is 3.02. The highest BCUT2D eigenvalue weighted by atomic mass is 35.5. The van der Waals surface area contributed by atoms with E-state index in [1.54, 1.807) is 6.20 Å². The Balaban J connectivity index is 1.68. The molecular weight excluding hydrogens is 292 g/mol. The van der Waals surface area contributed by atoms with E-state index in [2.05, 4.69) is 35.3 Å². The molecule has 1 N–H and O–H groups in total. The summed E-state index contributed by atoms with van der Waals surface area (Å²) in [5, 5.41) is 7.15. The molecule has 3 heterocycles. The molecule has 0 aliphatic rings. The third-order valence-corrected chi connectivity index (χ3v) is 2.81. The smallest absolute Gasteiger partial charge is 0.258 e. The molecule has 3 rings (SSSR count). The molecule has 106 valence electrons. The van der Waals surface area contributed by atoms with Gasteiger partial charge < -0.3 is 5.32 Å². The normalized spacial score (nSPS) is 10.5. The van der Waals surface area contributed by atoms with E-state index in [0.29, 0.717) is 18.4 Å². The molecule has 0 saturated carbocycles. The van der Waals surface area contributed by atoms with Gasteiger partial charge in [0.25, 0.3) is 5.95 Å². The first-order chi connectivity index (χ1) is 10.3. The van der Waals surface area contributed by atoms with Crippen molar-refractivity contribution in [3.63, 3.8) is 0 Å². The van der Waals surface area contributed by atoms with Gasteiger partial charge in [0.15, 0.2) is 0 Å². The topological polar surface area (TPSA) is 94.3 Å². The molecule has 0 fully saturated rings. The SMILES string of the molecule is Clc1nc(NCCc2cccnc2)nc(-n2cncn2)n1. The van der Waals surface area contributed by atoms with E-state index >= 15 is 0 Å². The summed E-state index contributed by atoms with van der Waals surface area (Å²) in [7, 11) is 0. The quantitative estimate of drug-likeness (QED) is 0.755. The van der Waals surface area contributed by atoms with Gasteiger partial charge in [-0.1, -0.05) is 6.07 Å².